The van der Waals surface area contributed by atoms with E-state index in [2.05, 4.69) is 4.98 Å². The van der Waals surface area contributed by atoms with Crippen molar-refractivity contribution in [1.29, 1.82) is 0 Å². The predicted molar refractivity (Wildman–Crippen MR) is 95.3 cm³/mol. The second-order valence-electron chi connectivity index (χ2n) is 5.00. The van der Waals surface area contributed by atoms with Crippen molar-refractivity contribution in [1.82, 2.24) is 9.55 Å². The largest absolute Gasteiger partial charge is 0.462 e. The van der Waals surface area contributed by atoms with Gasteiger partial charge in [0.2, 0.25) is 5.28 Å². The lowest BCUT2D eigenvalue weighted by molar-refractivity contribution is -0.141. The van der Waals surface area contributed by atoms with E-state index in [9.17, 15) is 22.8 Å². The van der Waals surface area contributed by atoms with Gasteiger partial charge >= 0.3 is 12.1 Å². The second-order valence-corrected chi connectivity index (χ2v) is 6.15. The summed E-state index contributed by atoms with van der Waals surface area (Å²) in [5.41, 5.74) is -2.16. The molecule has 0 N–H and O–H groups in total. The maximum Gasteiger partial charge on any atom is 0.433 e. The van der Waals surface area contributed by atoms with Gasteiger partial charge in [0.1, 0.15) is 5.03 Å². The first-order valence-electron chi connectivity index (χ1n) is 7.25. The molecule has 2 aromatic rings. The first-order chi connectivity index (χ1) is 12.5. The minimum atomic E-state index is -4.82. The molecule has 0 radical (unpaired) electrons. The number of alkyl halides is 3. The van der Waals surface area contributed by atoms with Gasteiger partial charge in [0, 0.05) is 11.1 Å². The molecular formula is C16H10Cl3F3N2O3. The molecule has 0 aliphatic rings. The fourth-order valence-electron chi connectivity index (χ4n) is 2.01. The van der Waals surface area contributed by atoms with Crippen molar-refractivity contribution < 1.29 is 22.7 Å². The average Bonchev–Trinajstić information content (AvgIpc) is 2.56. The Labute approximate surface area is 165 Å². The number of benzene rings is 1. The monoisotopic (exact) mass is 440 g/mol. The summed E-state index contributed by atoms with van der Waals surface area (Å²) >= 11 is 17.6. The number of rotatable bonds is 4. The number of aromatic nitrogens is 2. The lowest BCUT2D eigenvalue weighted by Gasteiger charge is -2.12. The highest BCUT2D eigenvalue weighted by Crippen LogP contribution is 2.29. The summed E-state index contributed by atoms with van der Waals surface area (Å²) in [5.74, 6) is -0.785. The molecule has 0 bridgehead atoms. The van der Waals surface area contributed by atoms with E-state index < -0.39 is 28.7 Å². The SMILES string of the molecule is CCOC(=O)/C(Cl)=C/c1cc(-n2c(Cl)nc(C(F)(F)F)cc2=O)ccc1Cl. The van der Waals surface area contributed by atoms with E-state index in [0.29, 0.717) is 6.07 Å². The molecule has 0 aliphatic carbocycles. The molecule has 0 saturated heterocycles. The number of halogens is 6. The number of carbonyl (C=O) groups is 1. The van der Waals surface area contributed by atoms with E-state index in [1.807, 2.05) is 0 Å². The molecular weight excluding hydrogens is 432 g/mol. The van der Waals surface area contributed by atoms with E-state index in [0.717, 1.165) is 4.57 Å². The minimum Gasteiger partial charge on any atom is -0.462 e. The first-order valence-corrected chi connectivity index (χ1v) is 8.39. The van der Waals surface area contributed by atoms with Gasteiger partial charge in [-0.2, -0.15) is 13.2 Å². The van der Waals surface area contributed by atoms with E-state index in [1.54, 1.807) is 6.92 Å². The summed E-state index contributed by atoms with van der Waals surface area (Å²) < 4.78 is 43.7. The second kappa shape index (κ2) is 8.33. The van der Waals surface area contributed by atoms with Gasteiger partial charge in [-0.15, -0.1) is 0 Å². The van der Waals surface area contributed by atoms with E-state index >= 15 is 0 Å². The van der Waals surface area contributed by atoms with Gasteiger partial charge in [0.15, 0.2) is 5.69 Å². The summed E-state index contributed by atoms with van der Waals surface area (Å²) in [6.07, 6.45) is -3.62. The highest BCUT2D eigenvalue weighted by atomic mass is 35.5. The standard InChI is InChI=1S/C16H10Cl3F3N2O3/c1-2-27-14(26)11(18)6-8-5-9(3-4-10(8)17)24-13(25)7-12(16(20,21)22)23-15(24)19/h3-7H,2H2,1H3/b11-6-. The molecule has 0 fully saturated rings. The summed E-state index contributed by atoms with van der Waals surface area (Å²) in [4.78, 5) is 26.9. The molecule has 0 saturated carbocycles. The van der Waals surface area contributed by atoms with Crippen LogP contribution in [-0.2, 0) is 15.7 Å². The molecule has 144 valence electrons. The Balaban J connectivity index is 2.55. The van der Waals surface area contributed by atoms with Crippen molar-refractivity contribution in [2.45, 2.75) is 13.1 Å². The van der Waals surface area contributed by atoms with Crippen LogP contribution < -0.4 is 5.56 Å². The van der Waals surface area contributed by atoms with Crippen LogP contribution in [0, 0.1) is 0 Å². The molecule has 5 nitrogen and oxygen atoms in total. The lowest BCUT2D eigenvalue weighted by Crippen LogP contribution is -2.23. The summed E-state index contributed by atoms with van der Waals surface area (Å²) in [5, 5.41) is -0.798. The van der Waals surface area contributed by atoms with Crippen molar-refractivity contribution in [3.63, 3.8) is 0 Å². The third kappa shape index (κ3) is 5.03. The average molecular weight is 442 g/mol. The molecule has 0 aliphatic heterocycles. The van der Waals surface area contributed by atoms with Crippen molar-refractivity contribution in [2.24, 2.45) is 0 Å². The van der Waals surface area contributed by atoms with Crippen LogP contribution in [0.3, 0.4) is 0 Å². The number of ether oxygens (including phenoxy) is 1. The van der Waals surface area contributed by atoms with Gasteiger partial charge in [0.05, 0.1) is 12.3 Å². The number of esters is 1. The molecule has 0 spiro atoms. The number of nitrogens with zero attached hydrogens (tertiary/aromatic N) is 2. The summed E-state index contributed by atoms with van der Waals surface area (Å²) in [6.45, 7) is 1.71. The Bertz CT molecular complexity index is 972. The van der Waals surface area contributed by atoms with Crippen LogP contribution in [0.15, 0.2) is 34.1 Å². The Morgan fingerprint density at radius 1 is 1.30 bits per heavy atom. The highest BCUT2D eigenvalue weighted by molar-refractivity contribution is 6.43. The molecule has 11 heteroatoms. The zero-order chi connectivity index (χ0) is 20.4. The van der Waals surface area contributed by atoms with E-state index in [4.69, 9.17) is 39.5 Å². The first kappa shape index (κ1) is 21.3. The minimum absolute atomic E-state index is 0.0789. The molecule has 1 heterocycles. The van der Waals surface area contributed by atoms with Crippen LogP contribution in [0.25, 0.3) is 11.8 Å². The third-order valence-corrected chi connectivity index (χ3v) is 4.02. The van der Waals surface area contributed by atoms with Crippen LogP contribution in [-0.4, -0.2) is 22.1 Å². The Morgan fingerprint density at radius 3 is 2.52 bits per heavy atom. The number of hydrogen-bond acceptors (Lipinski definition) is 4. The van der Waals surface area contributed by atoms with Crippen LogP contribution in [0.1, 0.15) is 18.2 Å². The fraction of sp³-hybridized carbons (Fsp3) is 0.188. The van der Waals surface area contributed by atoms with Crippen molar-refractivity contribution >= 4 is 46.8 Å². The quantitative estimate of drug-likeness (QED) is 0.392. The molecule has 0 atom stereocenters. The lowest BCUT2D eigenvalue weighted by atomic mass is 10.1. The van der Waals surface area contributed by atoms with Gasteiger partial charge in [-0.1, -0.05) is 23.2 Å². The Kier molecular flexibility index (Phi) is 6.56. The van der Waals surface area contributed by atoms with Crippen LogP contribution in [0.2, 0.25) is 10.3 Å². The van der Waals surface area contributed by atoms with Gasteiger partial charge in [0.25, 0.3) is 5.56 Å². The smallest absolute Gasteiger partial charge is 0.433 e. The van der Waals surface area contributed by atoms with Gasteiger partial charge < -0.3 is 4.74 Å². The van der Waals surface area contributed by atoms with E-state index in [1.165, 1.54) is 24.3 Å². The molecule has 0 unspecified atom stereocenters. The Morgan fingerprint density at radius 2 is 1.96 bits per heavy atom. The fourth-order valence-corrected chi connectivity index (χ4v) is 2.63. The van der Waals surface area contributed by atoms with Crippen molar-refractivity contribution in [2.75, 3.05) is 6.61 Å². The van der Waals surface area contributed by atoms with Gasteiger partial charge in [-0.05, 0) is 48.4 Å². The normalized spacial score (nSPS) is 12.2. The summed E-state index contributed by atoms with van der Waals surface area (Å²) in [7, 11) is 0. The third-order valence-electron chi connectivity index (χ3n) is 3.16. The van der Waals surface area contributed by atoms with Gasteiger partial charge in [-0.3, -0.25) is 9.36 Å². The van der Waals surface area contributed by atoms with Crippen molar-refractivity contribution in [3.8, 4) is 5.69 Å². The molecule has 0 amide bonds. The van der Waals surface area contributed by atoms with Crippen LogP contribution in [0.4, 0.5) is 13.2 Å². The molecule has 1 aromatic carbocycles. The molecule has 27 heavy (non-hydrogen) atoms. The van der Waals surface area contributed by atoms with E-state index in [-0.39, 0.29) is 27.9 Å². The molecule has 1 aromatic heterocycles. The van der Waals surface area contributed by atoms with Crippen molar-refractivity contribution in [3.05, 3.63) is 61.2 Å². The topological polar surface area (TPSA) is 61.2 Å². The van der Waals surface area contributed by atoms with Crippen LogP contribution >= 0.6 is 34.8 Å². The maximum absolute atomic E-state index is 12.7. The zero-order valence-electron chi connectivity index (χ0n) is 13.5. The number of hydrogen-bond donors (Lipinski definition) is 0. The predicted octanol–water partition coefficient (Wildman–Crippen LogP) is 4.70. The Hall–Kier alpha value is -2.03. The summed E-state index contributed by atoms with van der Waals surface area (Å²) in [6, 6.07) is 4.34. The van der Waals surface area contributed by atoms with Gasteiger partial charge in [-0.25, -0.2) is 9.78 Å². The zero-order valence-corrected chi connectivity index (χ0v) is 15.7. The highest BCUT2D eigenvalue weighted by Gasteiger charge is 2.34. The molecule has 2 rings (SSSR count). The van der Waals surface area contributed by atoms with Crippen LogP contribution in [0.5, 0.6) is 0 Å². The number of carbonyl (C=O) groups excluding carboxylic acids is 1. The maximum atomic E-state index is 12.7.